The number of nitrogen functional groups attached to an aromatic ring is 1. The van der Waals surface area contributed by atoms with E-state index in [4.69, 9.17) is 10.3 Å². The molecule has 0 aliphatic carbocycles. The lowest BCUT2D eigenvalue weighted by molar-refractivity contribution is 0.483. The maximum absolute atomic E-state index is 13.4. The zero-order valence-corrected chi connectivity index (χ0v) is 9.99. The van der Waals surface area contributed by atoms with E-state index >= 15 is 0 Å². The number of benzene rings is 2. The van der Waals surface area contributed by atoms with Crippen LogP contribution in [0.5, 0.6) is 0 Å². The van der Waals surface area contributed by atoms with Crippen molar-refractivity contribution in [2.75, 3.05) is 5.73 Å². The molecule has 0 bridgehead atoms. The molecule has 4 nitrogen and oxygen atoms in total. The van der Waals surface area contributed by atoms with Crippen molar-refractivity contribution in [1.82, 2.24) is 0 Å². The van der Waals surface area contributed by atoms with E-state index in [1.165, 1.54) is 30.3 Å². The molecule has 0 heterocycles. The topological polar surface area (TPSA) is 80.4 Å². The highest BCUT2D eigenvalue weighted by Crippen LogP contribution is 2.28. The van der Waals surface area contributed by atoms with Crippen molar-refractivity contribution in [1.29, 1.82) is 0 Å². The Hall–Kier alpha value is -1.92. The summed E-state index contributed by atoms with van der Waals surface area (Å²) in [6.07, 6.45) is 0. The van der Waals surface area contributed by atoms with Crippen molar-refractivity contribution in [3.63, 3.8) is 0 Å². The van der Waals surface area contributed by atoms with Gasteiger partial charge >= 0.3 is 0 Å². The second-order valence-electron chi connectivity index (χ2n) is 3.71. The number of anilines is 1. The van der Waals surface area contributed by atoms with E-state index in [0.29, 0.717) is 5.56 Å². The number of nitrogens with two attached hydrogens (primary N) is 1. The first-order valence-corrected chi connectivity index (χ1v) is 6.45. The molecule has 0 atom stereocenters. The van der Waals surface area contributed by atoms with Gasteiger partial charge in [0.05, 0.1) is 5.69 Å². The van der Waals surface area contributed by atoms with Gasteiger partial charge in [-0.1, -0.05) is 24.3 Å². The normalized spacial score (nSPS) is 11.4. The van der Waals surface area contributed by atoms with E-state index in [1.807, 2.05) is 0 Å². The summed E-state index contributed by atoms with van der Waals surface area (Å²) >= 11 is 0. The summed E-state index contributed by atoms with van der Waals surface area (Å²) in [5, 5.41) is 0. The zero-order chi connectivity index (χ0) is 13.3. The van der Waals surface area contributed by atoms with Crippen LogP contribution in [0.4, 0.5) is 10.1 Å². The fourth-order valence-electron chi connectivity index (χ4n) is 1.62. The molecule has 0 aliphatic rings. The van der Waals surface area contributed by atoms with Crippen LogP contribution in [-0.2, 0) is 10.1 Å². The van der Waals surface area contributed by atoms with Gasteiger partial charge in [-0.15, -0.1) is 0 Å². The van der Waals surface area contributed by atoms with Crippen LogP contribution >= 0.6 is 0 Å². The van der Waals surface area contributed by atoms with Crippen LogP contribution in [0.1, 0.15) is 0 Å². The van der Waals surface area contributed by atoms with Gasteiger partial charge in [0, 0.05) is 5.56 Å². The lowest BCUT2D eigenvalue weighted by Gasteiger charge is -2.07. The third-order valence-corrected chi connectivity index (χ3v) is 3.39. The Kier molecular flexibility index (Phi) is 3.06. The maximum atomic E-state index is 13.4. The average Bonchev–Trinajstić information content (AvgIpc) is 2.32. The number of hydrogen-bond acceptors (Lipinski definition) is 3. The molecule has 6 heteroatoms. The fourth-order valence-corrected chi connectivity index (χ4v) is 2.34. The van der Waals surface area contributed by atoms with Crippen LogP contribution in [0.3, 0.4) is 0 Å². The van der Waals surface area contributed by atoms with Crippen molar-refractivity contribution >= 4 is 15.8 Å². The number of halogens is 1. The third kappa shape index (κ3) is 2.34. The Balaban J connectivity index is 2.68. The highest BCUT2D eigenvalue weighted by molar-refractivity contribution is 7.86. The lowest BCUT2D eigenvalue weighted by Crippen LogP contribution is -2.01. The lowest BCUT2D eigenvalue weighted by atomic mass is 10.1. The van der Waals surface area contributed by atoms with Crippen molar-refractivity contribution < 1.29 is 17.4 Å². The summed E-state index contributed by atoms with van der Waals surface area (Å²) in [5.74, 6) is -0.641. The largest absolute Gasteiger partial charge is 0.396 e. The Morgan fingerprint density at radius 2 is 1.78 bits per heavy atom. The summed E-state index contributed by atoms with van der Waals surface area (Å²) in [6, 6.07) is 9.75. The molecule has 0 unspecified atom stereocenters. The molecule has 2 aromatic rings. The van der Waals surface area contributed by atoms with Gasteiger partial charge in [0.1, 0.15) is 10.7 Å². The van der Waals surface area contributed by atoms with Gasteiger partial charge in [-0.3, -0.25) is 4.55 Å². The van der Waals surface area contributed by atoms with Crippen molar-refractivity contribution in [2.45, 2.75) is 4.90 Å². The van der Waals surface area contributed by atoms with Crippen LogP contribution < -0.4 is 5.73 Å². The van der Waals surface area contributed by atoms with Crippen molar-refractivity contribution in [3.8, 4) is 11.1 Å². The molecule has 3 N–H and O–H groups in total. The second-order valence-corrected chi connectivity index (χ2v) is 5.10. The molecular weight excluding hydrogens is 257 g/mol. The molecule has 0 aliphatic heterocycles. The van der Waals surface area contributed by atoms with E-state index in [-0.39, 0.29) is 16.1 Å². The molecule has 0 aromatic heterocycles. The van der Waals surface area contributed by atoms with Crippen LogP contribution in [-0.4, -0.2) is 13.0 Å². The molecule has 0 radical (unpaired) electrons. The van der Waals surface area contributed by atoms with Crippen LogP contribution in [0.15, 0.2) is 47.4 Å². The van der Waals surface area contributed by atoms with Gasteiger partial charge in [0.25, 0.3) is 10.1 Å². The highest BCUT2D eigenvalue weighted by Gasteiger charge is 2.16. The molecule has 2 aromatic carbocycles. The van der Waals surface area contributed by atoms with Crippen LogP contribution in [0, 0.1) is 5.82 Å². The summed E-state index contributed by atoms with van der Waals surface area (Å²) in [6.45, 7) is 0. The Morgan fingerprint density at radius 3 is 2.39 bits per heavy atom. The van der Waals surface area contributed by atoms with Crippen LogP contribution in [0.2, 0.25) is 0 Å². The molecular formula is C12H10FNO3S. The summed E-state index contributed by atoms with van der Waals surface area (Å²) in [5.41, 5.74) is 5.87. The van der Waals surface area contributed by atoms with Gasteiger partial charge in [-0.25, -0.2) is 4.39 Å². The third-order valence-electron chi connectivity index (χ3n) is 2.48. The summed E-state index contributed by atoms with van der Waals surface area (Å²) in [4.78, 5) is -0.269. The van der Waals surface area contributed by atoms with Crippen molar-refractivity contribution in [2.24, 2.45) is 0 Å². The molecule has 18 heavy (non-hydrogen) atoms. The zero-order valence-electron chi connectivity index (χ0n) is 9.17. The minimum absolute atomic E-state index is 0.0249. The van der Waals surface area contributed by atoms with E-state index in [0.717, 1.165) is 6.07 Å². The molecule has 0 saturated heterocycles. The fraction of sp³-hybridized carbons (Fsp3) is 0. The standard InChI is InChI=1S/C12H10FNO3S/c13-10-7-8(5-6-11(10)14)9-3-1-2-4-12(9)18(15,16)17/h1-7H,14H2,(H,15,16,17). The predicted molar refractivity (Wildman–Crippen MR) is 66.1 cm³/mol. The molecule has 2 rings (SSSR count). The smallest absolute Gasteiger partial charge is 0.295 e. The number of rotatable bonds is 2. The molecule has 94 valence electrons. The minimum Gasteiger partial charge on any atom is -0.396 e. The maximum Gasteiger partial charge on any atom is 0.295 e. The van der Waals surface area contributed by atoms with Crippen molar-refractivity contribution in [3.05, 3.63) is 48.3 Å². The van der Waals surface area contributed by atoms with Gasteiger partial charge in [-0.05, 0) is 23.8 Å². The molecule has 0 saturated carbocycles. The monoisotopic (exact) mass is 267 g/mol. The predicted octanol–water partition coefficient (Wildman–Crippen LogP) is 2.32. The van der Waals surface area contributed by atoms with Gasteiger partial charge in [0.2, 0.25) is 0 Å². The SMILES string of the molecule is Nc1ccc(-c2ccccc2S(=O)(=O)O)cc1F. The Bertz CT molecular complexity index is 698. The van der Waals surface area contributed by atoms with Gasteiger partial charge < -0.3 is 5.73 Å². The first-order chi connectivity index (χ1) is 8.39. The molecule has 0 spiro atoms. The van der Waals surface area contributed by atoms with E-state index in [2.05, 4.69) is 0 Å². The quantitative estimate of drug-likeness (QED) is 0.646. The first-order valence-electron chi connectivity index (χ1n) is 5.01. The summed E-state index contributed by atoms with van der Waals surface area (Å²) in [7, 11) is -4.36. The van der Waals surface area contributed by atoms with Crippen LogP contribution in [0.25, 0.3) is 11.1 Å². The molecule has 0 fully saturated rings. The highest BCUT2D eigenvalue weighted by atomic mass is 32.2. The van der Waals surface area contributed by atoms with Gasteiger partial charge in [0.15, 0.2) is 0 Å². The average molecular weight is 267 g/mol. The van der Waals surface area contributed by atoms with E-state index in [9.17, 15) is 12.8 Å². The summed E-state index contributed by atoms with van der Waals surface area (Å²) < 4.78 is 44.9. The first kappa shape index (κ1) is 12.5. The Morgan fingerprint density at radius 1 is 1.11 bits per heavy atom. The van der Waals surface area contributed by atoms with Gasteiger partial charge in [-0.2, -0.15) is 8.42 Å². The molecule has 0 amide bonds. The second kappa shape index (κ2) is 4.40. The van der Waals surface area contributed by atoms with E-state index < -0.39 is 15.9 Å². The van der Waals surface area contributed by atoms with E-state index in [1.54, 1.807) is 6.07 Å². The minimum atomic E-state index is -4.36. The number of hydrogen-bond donors (Lipinski definition) is 2. The Labute approximate surface area is 104 Å².